The van der Waals surface area contributed by atoms with Gasteiger partial charge in [0.25, 0.3) is 0 Å². The van der Waals surface area contributed by atoms with Gasteiger partial charge in [0.2, 0.25) is 0 Å². The zero-order chi connectivity index (χ0) is 13.2. The van der Waals surface area contributed by atoms with Crippen molar-refractivity contribution in [2.75, 3.05) is 29.7 Å². The highest BCUT2D eigenvalue weighted by Crippen LogP contribution is 2.12. The molecule has 2 aromatic heterocycles. The molecular formula is C11H15N7O. The number of aromatic nitrogens is 3. The predicted octanol–water partition coefficient (Wildman–Crippen LogP) is -0.0395. The van der Waals surface area contributed by atoms with E-state index in [9.17, 15) is 0 Å². The summed E-state index contributed by atoms with van der Waals surface area (Å²) in [6, 6.07) is 3.77. The molecule has 3 heterocycles. The number of nitrogens with zero attached hydrogens (tertiary/aromatic N) is 5. The maximum absolute atomic E-state index is 5.86. The Bertz CT molecular complexity index is 587. The summed E-state index contributed by atoms with van der Waals surface area (Å²) in [5.41, 5.74) is 12.2. The maximum atomic E-state index is 5.86. The van der Waals surface area contributed by atoms with E-state index in [2.05, 4.69) is 19.8 Å². The van der Waals surface area contributed by atoms with Gasteiger partial charge in [0.05, 0.1) is 0 Å². The minimum atomic E-state index is 0.356. The van der Waals surface area contributed by atoms with Crippen LogP contribution in [-0.4, -0.2) is 33.1 Å². The van der Waals surface area contributed by atoms with E-state index >= 15 is 0 Å². The molecule has 0 saturated carbocycles. The van der Waals surface area contributed by atoms with Crippen LogP contribution in [0.3, 0.4) is 0 Å². The fraction of sp³-hybridized carbons (Fsp3) is 0.273. The summed E-state index contributed by atoms with van der Waals surface area (Å²) in [5, 5.41) is 9.33. The minimum absolute atomic E-state index is 0.356. The van der Waals surface area contributed by atoms with E-state index in [4.69, 9.17) is 11.5 Å². The van der Waals surface area contributed by atoms with Crippen LogP contribution in [0.25, 0.3) is 0 Å². The van der Waals surface area contributed by atoms with Crippen molar-refractivity contribution in [3.8, 4) is 0 Å². The molecular weight excluding hydrogens is 246 g/mol. The lowest BCUT2D eigenvalue weighted by atomic mass is 10.3. The van der Waals surface area contributed by atoms with Gasteiger partial charge < -0.3 is 16.4 Å². The molecule has 1 aliphatic rings. The lowest BCUT2D eigenvalue weighted by Crippen LogP contribution is -2.34. The largest absolute Gasteiger partial charge is 0.384 e. The second kappa shape index (κ2) is 4.56. The fourth-order valence-electron chi connectivity index (χ4n) is 1.99. The number of nitrogens with two attached hydrogens (primary N) is 2. The van der Waals surface area contributed by atoms with Crippen LogP contribution in [0.15, 0.2) is 35.4 Å². The van der Waals surface area contributed by atoms with E-state index in [0.29, 0.717) is 23.8 Å². The van der Waals surface area contributed by atoms with Gasteiger partial charge in [0, 0.05) is 31.6 Å². The topological polar surface area (TPSA) is 102 Å². The Morgan fingerprint density at radius 3 is 2.84 bits per heavy atom. The van der Waals surface area contributed by atoms with Crippen LogP contribution in [0.5, 0.6) is 0 Å². The summed E-state index contributed by atoms with van der Waals surface area (Å²) in [4.78, 5) is 2.13. The van der Waals surface area contributed by atoms with Crippen molar-refractivity contribution in [2.24, 2.45) is 0 Å². The first-order chi connectivity index (χ1) is 9.24. The van der Waals surface area contributed by atoms with Crippen LogP contribution in [-0.2, 0) is 6.42 Å². The number of hydrogen-bond donors (Lipinski definition) is 2. The standard InChI is InChI=1S/C11H15N7O/c12-10-2-1-4-18(10)17-7-6-16(8-17)5-3-9-11(13)15-19-14-9/h1-2,4,6-7H,3,5,8,12H2,(H2,13,15). The number of anilines is 2. The first kappa shape index (κ1) is 11.5. The molecule has 4 N–H and O–H groups in total. The van der Waals surface area contributed by atoms with Gasteiger partial charge in [-0.25, -0.2) is 9.31 Å². The third-order valence-electron chi connectivity index (χ3n) is 3.03. The summed E-state index contributed by atoms with van der Waals surface area (Å²) in [5.74, 6) is 1.06. The molecule has 0 aromatic carbocycles. The second-order valence-corrected chi connectivity index (χ2v) is 4.32. The van der Waals surface area contributed by atoms with Gasteiger partial charge in [-0.2, -0.15) is 0 Å². The minimum Gasteiger partial charge on any atom is -0.384 e. The van der Waals surface area contributed by atoms with Crippen molar-refractivity contribution in [1.82, 2.24) is 19.9 Å². The van der Waals surface area contributed by atoms with Crippen molar-refractivity contribution in [1.29, 1.82) is 0 Å². The molecule has 3 rings (SSSR count). The van der Waals surface area contributed by atoms with Gasteiger partial charge in [-0.3, -0.25) is 5.01 Å². The summed E-state index contributed by atoms with van der Waals surface area (Å²) < 4.78 is 6.46. The van der Waals surface area contributed by atoms with E-state index in [1.165, 1.54) is 0 Å². The molecule has 8 heteroatoms. The van der Waals surface area contributed by atoms with E-state index in [1.807, 2.05) is 40.4 Å². The highest BCUT2D eigenvalue weighted by atomic mass is 16.6. The number of rotatable bonds is 4. The molecule has 0 radical (unpaired) electrons. The third kappa shape index (κ3) is 2.19. The van der Waals surface area contributed by atoms with Crippen LogP contribution in [0, 0.1) is 0 Å². The lowest BCUT2D eigenvalue weighted by molar-refractivity contribution is 0.302. The predicted molar refractivity (Wildman–Crippen MR) is 70.2 cm³/mol. The summed E-state index contributed by atoms with van der Waals surface area (Å²) in [7, 11) is 0. The first-order valence-electron chi connectivity index (χ1n) is 5.93. The van der Waals surface area contributed by atoms with Crippen molar-refractivity contribution < 1.29 is 4.63 Å². The van der Waals surface area contributed by atoms with Gasteiger partial charge in [-0.15, -0.1) is 0 Å². The average Bonchev–Trinajstić information content (AvgIpc) is 3.08. The Morgan fingerprint density at radius 2 is 2.16 bits per heavy atom. The molecule has 0 saturated heterocycles. The SMILES string of the molecule is Nc1nonc1CCN1C=CN(n2cccc2N)C1. The molecule has 19 heavy (non-hydrogen) atoms. The molecule has 0 spiro atoms. The Balaban J connectivity index is 1.57. The Morgan fingerprint density at radius 1 is 1.26 bits per heavy atom. The zero-order valence-electron chi connectivity index (χ0n) is 10.3. The van der Waals surface area contributed by atoms with E-state index in [0.717, 1.165) is 13.2 Å². The zero-order valence-corrected chi connectivity index (χ0v) is 10.3. The first-order valence-corrected chi connectivity index (χ1v) is 5.93. The molecule has 8 nitrogen and oxygen atoms in total. The summed E-state index contributed by atoms with van der Waals surface area (Å²) in [6.07, 6.45) is 6.58. The van der Waals surface area contributed by atoms with Gasteiger partial charge in [0.1, 0.15) is 18.2 Å². The summed E-state index contributed by atoms with van der Waals surface area (Å²) >= 11 is 0. The maximum Gasteiger partial charge on any atom is 0.191 e. The molecule has 0 bridgehead atoms. The smallest absolute Gasteiger partial charge is 0.191 e. The molecule has 0 fully saturated rings. The molecule has 100 valence electrons. The van der Waals surface area contributed by atoms with Gasteiger partial charge in [0.15, 0.2) is 5.82 Å². The quantitative estimate of drug-likeness (QED) is 0.796. The average molecular weight is 261 g/mol. The van der Waals surface area contributed by atoms with Gasteiger partial charge >= 0.3 is 0 Å². The van der Waals surface area contributed by atoms with Gasteiger partial charge in [-0.1, -0.05) is 5.16 Å². The summed E-state index contributed by atoms with van der Waals surface area (Å²) in [6.45, 7) is 1.51. The number of nitrogen functional groups attached to an aromatic ring is 2. The van der Waals surface area contributed by atoms with Crippen LogP contribution >= 0.6 is 0 Å². The van der Waals surface area contributed by atoms with Crippen LogP contribution < -0.4 is 16.5 Å². The van der Waals surface area contributed by atoms with Crippen molar-refractivity contribution in [3.05, 3.63) is 36.4 Å². The molecule has 0 aliphatic carbocycles. The third-order valence-corrected chi connectivity index (χ3v) is 3.03. The second-order valence-electron chi connectivity index (χ2n) is 4.32. The Labute approximate surface area is 109 Å². The van der Waals surface area contributed by atoms with Crippen LogP contribution in [0.4, 0.5) is 11.6 Å². The fourth-order valence-corrected chi connectivity index (χ4v) is 1.99. The van der Waals surface area contributed by atoms with E-state index in [1.54, 1.807) is 0 Å². The van der Waals surface area contributed by atoms with Crippen molar-refractivity contribution in [3.63, 3.8) is 0 Å². The Kier molecular flexibility index (Phi) is 2.75. The normalized spacial score (nSPS) is 14.5. The molecule has 0 amide bonds. The van der Waals surface area contributed by atoms with Crippen LogP contribution in [0.2, 0.25) is 0 Å². The molecule has 0 atom stereocenters. The van der Waals surface area contributed by atoms with Crippen LogP contribution in [0.1, 0.15) is 5.69 Å². The molecule has 2 aromatic rings. The molecule has 1 aliphatic heterocycles. The van der Waals surface area contributed by atoms with Gasteiger partial charge in [-0.05, 0) is 17.3 Å². The van der Waals surface area contributed by atoms with E-state index in [-0.39, 0.29) is 0 Å². The molecule has 0 unspecified atom stereocenters. The monoisotopic (exact) mass is 261 g/mol. The number of hydrogen-bond acceptors (Lipinski definition) is 7. The van der Waals surface area contributed by atoms with E-state index < -0.39 is 0 Å². The Hall–Kier alpha value is -2.64. The van der Waals surface area contributed by atoms with Crippen molar-refractivity contribution >= 4 is 11.6 Å². The lowest BCUT2D eigenvalue weighted by Gasteiger charge is -2.22. The highest BCUT2D eigenvalue weighted by Gasteiger charge is 2.15. The highest BCUT2D eigenvalue weighted by molar-refractivity contribution is 5.34. The van der Waals surface area contributed by atoms with Crippen molar-refractivity contribution in [2.45, 2.75) is 6.42 Å².